The summed E-state index contributed by atoms with van der Waals surface area (Å²) in [6, 6.07) is 21.0. The number of rotatable bonds is 8. The lowest BCUT2D eigenvalue weighted by Crippen LogP contribution is -2.50. The average Bonchev–Trinajstić information content (AvgIpc) is 2.65. The highest BCUT2D eigenvalue weighted by molar-refractivity contribution is 5.68. The Bertz CT molecular complexity index is 654. The summed E-state index contributed by atoms with van der Waals surface area (Å²) in [5.41, 5.74) is 2.26. The number of carbonyl (C=O) groups is 1. The fourth-order valence-corrected chi connectivity index (χ4v) is 3.51. The van der Waals surface area contributed by atoms with E-state index < -0.39 is 0 Å². The van der Waals surface area contributed by atoms with Crippen LogP contribution in [-0.4, -0.2) is 31.6 Å². The summed E-state index contributed by atoms with van der Waals surface area (Å²) in [5.74, 6) is -0.00659. The zero-order valence-electron chi connectivity index (χ0n) is 15.7. The molecule has 0 bridgehead atoms. The molecule has 25 heavy (non-hydrogen) atoms. The predicted molar refractivity (Wildman–Crippen MR) is 102 cm³/mol. The van der Waals surface area contributed by atoms with Crippen molar-refractivity contribution in [3.05, 3.63) is 71.8 Å². The number of benzene rings is 2. The molecular formula is C22H29NO2. The van der Waals surface area contributed by atoms with E-state index in [-0.39, 0.29) is 17.4 Å². The molecule has 0 saturated carbocycles. The number of ether oxygens (including phenoxy) is 1. The molecule has 0 heterocycles. The molecule has 2 rings (SSSR count). The van der Waals surface area contributed by atoms with Gasteiger partial charge in [-0.3, -0.25) is 9.69 Å². The number of nitrogens with zero attached hydrogens (tertiary/aromatic N) is 1. The van der Waals surface area contributed by atoms with E-state index in [4.69, 9.17) is 4.74 Å². The first kappa shape index (κ1) is 19.2. The van der Waals surface area contributed by atoms with Crippen LogP contribution in [0.3, 0.4) is 0 Å². The first-order valence-corrected chi connectivity index (χ1v) is 8.93. The fourth-order valence-electron chi connectivity index (χ4n) is 3.51. The Morgan fingerprint density at radius 3 is 2.12 bits per heavy atom. The second-order valence-corrected chi connectivity index (χ2v) is 6.78. The summed E-state index contributed by atoms with van der Waals surface area (Å²) in [6.07, 6.45) is 1.27. The maximum Gasteiger partial charge on any atom is 0.305 e. The highest BCUT2D eigenvalue weighted by atomic mass is 16.5. The smallest absolute Gasteiger partial charge is 0.305 e. The molecule has 2 unspecified atom stereocenters. The summed E-state index contributed by atoms with van der Waals surface area (Å²) in [4.78, 5) is 13.9. The Kier molecular flexibility index (Phi) is 6.77. The molecule has 0 aliphatic rings. The molecular weight excluding hydrogens is 310 g/mol. The van der Waals surface area contributed by atoms with Crippen LogP contribution in [0.15, 0.2) is 60.7 Å². The van der Waals surface area contributed by atoms with Gasteiger partial charge in [0.2, 0.25) is 0 Å². The Hall–Kier alpha value is -2.13. The first-order chi connectivity index (χ1) is 12.0. The molecule has 2 aromatic rings. The zero-order chi connectivity index (χ0) is 18.3. The van der Waals surface area contributed by atoms with Gasteiger partial charge >= 0.3 is 5.97 Å². The summed E-state index contributed by atoms with van der Waals surface area (Å²) >= 11 is 0. The van der Waals surface area contributed by atoms with Gasteiger partial charge in [0.15, 0.2) is 0 Å². The minimum atomic E-state index is -0.253. The van der Waals surface area contributed by atoms with E-state index in [1.54, 1.807) is 0 Å². The van der Waals surface area contributed by atoms with E-state index in [1.807, 2.05) is 19.1 Å². The largest absolute Gasteiger partial charge is 0.465 e. The van der Waals surface area contributed by atoms with Crippen LogP contribution < -0.4 is 0 Å². The van der Waals surface area contributed by atoms with E-state index >= 15 is 0 Å². The van der Waals surface area contributed by atoms with Crippen LogP contribution in [0.25, 0.3) is 0 Å². The Balaban J connectivity index is 2.42. The molecule has 0 aliphatic heterocycles. The first-order valence-electron chi connectivity index (χ1n) is 8.93. The highest BCUT2D eigenvalue weighted by Crippen LogP contribution is 2.38. The second-order valence-electron chi connectivity index (χ2n) is 6.78. The molecule has 0 N–H and O–H groups in total. The van der Waals surface area contributed by atoms with Crippen molar-refractivity contribution in [2.75, 3.05) is 20.7 Å². The van der Waals surface area contributed by atoms with Gasteiger partial charge in [-0.25, -0.2) is 0 Å². The molecule has 0 saturated heterocycles. The molecule has 3 heteroatoms. The SMILES string of the molecule is CCC(=O)OCC(C)C(Cc1ccccc1)(c1ccccc1)N(C)C. The summed E-state index contributed by atoms with van der Waals surface area (Å²) in [6.45, 7) is 4.40. The van der Waals surface area contributed by atoms with Crippen LogP contribution in [0.4, 0.5) is 0 Å². The average molecular weight is 339 g/mol. The lowest BCUT2D eigenvalue weighted by molar-refractivity contribution is -0.146. The van der Waals surface area contributed by atoms with Crippen LogP contribution in [-0.2, 0) is 21.5 Å². The number of hydrogen-bond donors (Lipinski definition) is 0. The third kappa shape index (κ3) is 4.49. The summed E-state index contributed by atoms with van der Waals surface area (Å²) < 4.78 is 5.50. The molecule has 134 valence electrons. The van der Waals surface area contributed by atoms with Crippen molar-refractivity contribution in [1.82, 2.24) is 4.90 Å². The lowest BCUT2D eigenvalue weighted by atomic mass is 9.74. The van der Waals surface area contributed by atoms with Gasteiger partial charge in [0.25, 0.3) is 0 Å². The molecule has 2 aromatic carbocycles. The molecule has 0 aliphatic carbocycles. The Labute approximate surface area is 151 Å². The van der Waals surface area contributed by atoms with Crippen molar-refractivity contribution in [3.63, 3.8) is 0 Å². The molecule has 0 aromatic heterocycles. The lowest BCUT2D eigenvalue weighted by Gasteiger charge is -2.45. The Morgan fingerprint density at radius 2 is 1.60 bits per heavy atom. The minimum Gasteiger partial charge on any atom is -0.465 e. The van der Waals surface area contributed by atoms with Gasteiger partial charge in [-0.15, -0.1) is 0 Å². The molecule has 2 atom stereocenters. The van der Waals surface area contributed by atoms with Gasteiger partial charge < -0.3 is 4.74 Å². The molecule has 3 nitrogen and oxygen atoms in total. The van der Waals surface area contributed by atoms with Gasteiger partial charge in [0, 0.05) is 12.3 Å². The second kappa shape index (κ2) is 8.82. The van der Waals surface area contributed by atoms with E-state index in [2.05, 4.69) is 74.4 Å². The van der Waals surface area contributed by atoms with Crippen LogP contribution in [0.1, 0.15) is 31.4 Å². The summed E-state index contributed by atoms with van der Waals surface area (Å²) in [5, 5.41) is 0. The maximum atomic E-state index is 11.7. The van der Waals surface area contributed by atoms with Crippen molar-refractivity contribution in [2.24, 2.45) is 5.92 Å². The van der Waals surface area contributed by atoms with Gasteiger partial charge in [0.05, 0.1) is 12.1 Å². The van der Waals surface area contributed by atoms with Gasteiger partial charge in [-0.2, -0.15) is 0 Å². The van der Waals surface area contributed by atoms with Crippen molar-refractivity contribution in [1.29, 1.82) is 0 Å². The van der Waals surface area contributed by atoms with Crippen LogP contribution in [0.2, 0.25) is 0 Å². The number of carbonyl (C=O) groups excluding carboxylic acids is 1. The zero-order valence-corrected chi connectivity index (χ0v) is 15.7. The van der Waals surface area contributed by atoms with Crippen LogP contribution in [0.5, 0.6) is 0 Å². The molecule has 0 fully saturated rings. The number of likely N-dealkylation sites (N-methyl/N-ethyl adjacent to an activating group) is 1. The van der Waals surface area contributed by atoms with Gasteiger partial charge in [-0.1, -0.05) is 74.5 Å². The van der Waals surface area contributed by atoms with E-state index in [0.29, 0.717) is 13.0 Å². The van der Waals surface area contributed by atoms with Crippen LogP contribution in [0, 0.1) is 5.92 Å². The van der Waals surface area contributed by atoms with Gasteiger partial charge in [-0.05, 0) is 31.6 Å². The number of esters is 1. The molecule has 0 radical (unpaired) electrons. The molecule has 0 spiro atoms. The normalized spacial score (nSPS) is 14.8. The Morgan fingerprint density at radius 1 is 1.04 bits per heavy atom. The minimum absolute atomic E-state index is 0.139. The van der Waals surface area contributed by atoms with E-state index in [1.165, 1.54) is 11.1 Å². The van der Waals surface area contributed by atoms with Crippen molar-refractivity contribution in [2.45, 2.75) is 32.2 Å². The highest BCUT2D eigenvalue weighted by Gasteiger charge is 2.40. The van der Waals surface area contributed by atoms with Crippen molar-refractivity contribution < 1.29 is 9.53 Å². The van der Waals surface area contributed by atoms with E-state index in [9.17, 15) is 4.79 Å². The third-order valence-corrected chi connectivity index (χ3v) is 4.99. The summed E-state index contributed by atoms with van der Waals surface area (Å²) in [7, 11) is 4.21. The van der Waals surface area contributed by atoms with Crippen molar-refractivity contribution in [3.8, 4) is 0 Å². The monoisotopic (exact) mass is 339 g/mol. The third-order valence-electron chi connectivity index (χ3n) is 4.99. The molecule has 0 amide bonds. The van der Waals surface area contributed by atoms with Gasteiger partial charge in [0.1, 0.15) is 0 Å². The van der Waals surface area contributed by atoms with Crippen LogP contribution >= 0.6 is 0 Å². The fraction of sp³-hybridized carbons (Fsp3) is 0.409. The predicted octanol–water partition coefficient (Wildman–Crippen LogP) is 4.28. The standard InChI is InChI=1S/C22H29NO2/c1-5-21(24)25-17-18(2)22(23(3)4,20-14-10-7-11-15-20)16-19-12-8-6-9-13-19/h6-15,18H,5,16-17H2,1-4H3. The quantitative estimate of drug-likeness (QED) is 0.673. The maximum absolute atomic E-state index is 11.7. The topological polar surface area (TPSA) is 29.5 Å². The van der Waals surface area contributed by atoms with Crippen molar-refractivity contribution >= 4 is 5.97 Å². The van der Waals surface area contributed by atoms with E-state index in [0.717, 1.165) is 6.42 Å². The number of hydrogen-bond acceptors (Lipinski definition) is 3.